The molecular formula is C44H42F3N5O8S. The van der Waals surface area contributed by atoms with Crippen LogP contribution >= 0.6 is 11.8 Å². The van der Waals surface area contributed by atoms with Crippen molar-refractivity contribution in [2.45, 2.75) is 63.9 Å². The van der Waals surface area contributed by atoms with Crippen LogP contribution in [0.4, 0.5) is 23.8 Å². The number of nitrogens with zero attached hydrogens (tertiary/aromatic N) is 3. The van der Waals surface area contributed by atoms with Gasteiger partial charge >= 0.3 is 5.97 Å². The fraction of sp³-hybridized carbons (Fsp3) is 0.341. The molecule has 2 saturated heterocycles. The van der Waals surface area contributed by atoms with Crippen LogP contribution in [0.3, 0.4) is 0 Å². The number of aromatic carboxylic acids is 1. The van der Waals surface area contributed by atoms with Gasteiger partial charge in [-0.2, -0.15) is 0 Å². The Morgan fingerprint density at radius 1 is 1.02 bits per heavy atom. The quantitative estimate of drug-likeness (QED) is 0.137. The minimum atomic E-state index is -1.56. The SMILES string of the molecule is Cc1c(C)c2c(c(C)c1O)CCC(C)(COc1ccc(CC3SC(=O)NC3=O)cc1)O2.NC1[C@H]2CN(c3nc4c(cc3F)c(=O)c(C(=O)O)cn4-c3ccc(F)cc3F)C[C@@H]12. The Morgan fingerprint density at radius 2 is 1.72 bits per heavy atom. The lowest BCUT2D eigenvalue weighted by Gasteiger charge is -2.37. The molecule has 3 unspecified atom stereocenters. The number of phenolic OH excluding ortho intramolecular Hbond substituents is 1. The average molecular weight is 858 g/mol. The van der Waals surface area contributed by atoms with Crippen molar-refractivity contribution < 1.29 is 47.2 Å². The lowest BCUT2D eigenvalue weighted by atomic mass is 9.87. The molecule has 318 valence electrons. The number of benzene rings is 3. The first-order chi connectivity index (χ1) is 28.9. The Kier molecular flexibility index (Phi) is 10.8. The largest absolute Gasteiger partial charge is 0.507 e. The number of carboxylic acid groups (broad SMARTS) is 1. The summed E-state index contributed by atoms with van der Waals surface area (Å²) in [5, 5.41) is 21.0. The van der Waals surface area contributed by atoms with E-state index < -0.39 is 40.0 Å². The standard InChI is InChI=1S/C24H27NO5S.C20H15F3N4O3/c1-13-14(2)21-18(15(3)20(13)26)9-10-24(4,30-21)12-29-17-7-5-16(6-8-17)11-19-22(27)25-23(28)31-19;21-8-1-2-15(13(22)3-8)27-7-12(20(29)30)17(28)9-4-14(23)19(25-18(9)27)26-5-10-11(6-26)16(10)24/h5-8,19,26H,9-12H2,1-4H3,(H,25,27,28);1-4,7,10-11,16H,5-6,24H2,(H,29,30)/t;10-,11+,16?. The van der Waals surface area contributed by atoms with Gasteiger partial charge in [-0.3, -0.25) is 24.3 Å². The number of amides is 2. The van der Waals surface area contributed by atoms with E-state index in [4.69, 9.17) is 15.2 Å². The topological polar surface area (TPSA) is 186 Å². The molecule has 3 aliphatic heterocycles. The van der Waals surface area contributed by atoms with E-state index in [1.165, 1.54) is 0 Å². The lowest BCUT2D eigenvalue weighted by molar-refractivity contribution is -0.118. The van der Waals surface area contributed by atoms with Crippen LogP contribution in [0, 0.1) is 50.1 Å². The molecule has 4 aliphatic rings. The molecule has 2 amide bonds. The van der Waals surface area contributed by atoms with Crippen LogP contribution in [0.1, 0.15) is 51.5 Å². The number of nitrogens with one attached hydrogen (secondary N) is 1. The number of thioether (sulfide) groups is 1. The molecule has 17 heteroatoms. The van der Waals surface area contributed by atoms with Gasteiger partial charge < -0.3 is 30.3 Å². The summed E-state index contributed by atoms with van der Waals surface area (Å²) in [5.41, 5.74) is 8.25. The van der Waals surface area contributed by atoms with E-state index >= 15 is 0 Å². The summed E-state index contributed by atoms with van der Waals surface area (Å²) in [6, 6.07) is 11.3. The molecule has 3 aromatic carbocycles. The molecule has 5 aromatic rings. The number of nitrogens with two attached hydrogens (primary N) is 1. The number of phenols is 1. The zero-order valence-corrected chi connectivity index (χ0v) is 34.4. The Bertz CT molecular complexity index is 2700. The predicted octanol–water partition coefficient (Wildman–Crippen LogP) is 6.27. The van der Waals surface area contributed by atoms with E-state index in [9.17, 15) is 42.6 Å². The summed E-state index contributed by atoms with van der Waals surface area (Å²) in [5.74, 6) is -1.98. The first-order valence-electron chi connectivity index (χ1n) is 19.6. The minimum Gasteiger partial charge on any atom is -0.507 e. The van der Waals surface area contributed by atoms with Gasteiger partial charge in [0, 0.05) is 37.0 Å². The monoisotopic (exact) mass is 857 g/mol. The van der Waals surface area contributed by atoms with Gasteiger partial charge in [0.25, 0.3) is 5.24 Å². The van der Waals surface area contributed by atoms with Crippen molar-refractivity contribution in [2.24, 2.45) is 17.6 Å². The number of carbonyl (C=O) groups excluding carboxylic acids is 2. The zero-order valence-electron chi connectivity index (χ0n) is 33.6. The Labute approximate surface area is 351 Å². The number of aromatic hydroxyl groups is 1. The molecule has 0 radical (unpaired) electrons. The molecule has 2 aromatic heterocycles. The second-order valence-corrected chi connectivity index (χ2v) is 17.4. The molecule has 0 spiro atoms. The number of anilines is 1. The van der Waals surface area contributed by atoms with Gasteiger partial charge in [-0.05, 0) is 111 Å². The highest BCUT2D eigenvalue weighted by Crippen LogP contribution is 2.46. The molecular weight excluding hydrogens is 816 g/mol. The summed E-state index contributed by atoms with van der Waals surface area (Å²) in [6.07, 6.45) is 3.04. The molecule has 0 bridgehead atoms. The van der Waals surface area contributed by atoms with Gasteiger partial charge in [-0.1, -0.05) is 23.9 Å². The van der Waals surface area contributed by atoms with Crippen molar-refractivity contribution in [3.63, 3.8) is 0 Å². The second kappa shape index (κ2) is 15.8. The van der Waals surface area contributed by atoms with Crippen molar-refractivity contribution in [3.05, 3.63) is 116 Å². The van der Waals surface area contributed by atoms with Crippen LogP contribution < -0.4 is 30.9 Å². The lowest BCUT2D eigenvalue weighted by Crippen LogP contribution is -2.42. The number of pyridine rings is 2. The fourth-order valence-electron chi connectivity index (χ4n) is 8.29. The van der Waals surface area contributed by atoms with Gasteiger partial charge in [0.1, 0.15) is 46.7 Å². The number of aromatic nitrogens is 2. The van der Waals surface area contributed by atoms with Gasteiger partial charge in [0.2, 0.25) is 11.3 Å². The van der Waals surface area contributed by atoms with E-state index in [1.807, 2.05) is 52.0 Å². The van der Waals surface area contributed by atoms with Crippen LogP contribution in [0.2, 0.25) is 0 Å². The third-order valence-electron chi connectivity index (χ3n) is 12.1. The maximum absolute atomic E-state index is 14.8. The third-order valence-corrected chi connectivity index (χ3v) is 13.1. The number of rotatable bonds is 8. The molecule has 3 fully saturated rings. The van der Waals surface area contributed by atoms with E-state index in [-0.39, 0.29) is 56.8 Å². The maximum Gasteiger partial charge on any atom is 0.341 e. The first-order valence-corrected chi connectivity index (χ1v) is 20.5. The van der Waals surface area contributed by atoms with Crippen LogP contribution in [-0.4, -0.2) is 73.5 Å². The summed E-state index contributed by atoms with van der Waals surface area (Å²) in [4.78, 5) is 53.1. The van der Waals surface area contributed by atoms with E-state index in [0.717, 1.165) is 92.9 Å². The Balaban J connectivity index is 0.000000168. The number of piperidine rings is 1. The van der Waals surface area contributed by atoms with Crippen LogP contribution in [0.15, 0.2) is 59.5 Å². The fourth-order valence-corrected chi connectivity index (χ4v) is 9.15. The number of carboxylic acids is 1. The van der Waals surface area contributed by atoms with Crippen LogP contribution in [0.25, 0.3) is 16.7 Å². The summed E-state index contributed by atoms with van der Waals surface area (Å²) < 4.78 is 56.1. The number of imide groups is 1. The number of hydrogen-bond acceptors (Lipinski definition) is 11. The number of hydrogen-bond donors (Lipinski definition) is 4. The van der Waals surface area contributed by atoms with Crippen LogP contribution in [0.5, 0.6) is 17.2 Å². The summed E-state index contributed by atoms with van der Waals surface area (Å²) >= 11 is 1.04. The van der Waals surface area contributed by atoms with Gasteiger partial charge in [-0.15, -0.1) is 0 Å². The molecule has 1 saturated carbocycles. The van der Waals surface area contributed by atoms with Crippen molar-refractivity contribution in [1.29, 1.82) is 0 Å². The van der Waals surface area contributed by atoms with Gasteiger partial charge in [0.05, 0.1) is 16.3 Å². The van der Waals surface area contributed by atoms with Crippen molar-refractivity contribution in [2.75, 3.05) is 24.6 Å². The molecule has 5 heterocycles. The highest BCUT2D eigenvalue weighted by atomic mass is 32.2. The minimum absolute atomic E-state index is 0.0272. The molecule has 5 atom stereocenters. The molecule has 61 heavy (non-hydrogen) atoms. The second-order valence-electron chi connectivity index (χ2n) is 16.2. The van der Waals surface area contributed by atoms with Crippen molar-refractivity contribution in [3.8, 4) is 22.9 Å². The normalized spacial score (nSPS) is 22.5. The number of carbonyl (C=O) groups is 3. The molecule has 5 N–H and O–H groups in total. The average Bonchev–Trinajstić information content (AvgIpc) is 3.47. The maximum atomic E-state index is 14.8. The van der Waals surface area contributed by atoms with Crippen molar-refractivity contribution >= 4 is 45.7 Å². The summed E-state index contributed by atoms with van der Waals surface area (Å²) in [7, 11) is 0. The molecule has 9 rings (SSSR count). The number of halogens is 3. The van der Waals surface area contributed by atoms with E-state index in [1.54, 1.807) is 4.90 Å². The number of ether oxygens (including phenoxy) is 2. The Morgan fingerprint density at radius 3 is 2.36 bits per heavy atom. The van der Waals surface area contributed by atoms with E-state index in [0.29, 0.717) is 37.9 Å². The zero-order chi connectivity index (χ0) is 43.7. The van der Waals surface area contributed by atoms with Gasteiger partial charge in [-0.25, -0.2) is 22.9 Å². The predicted molar refractivity (Wildman–Crippen MR) is 222 cm³/mol. The van der Waals surface area contributed by atoms with E-state index in [2.05, 4.69) is 10.3 Å². The molecule has 13 nitrogen and oxygen atoms in total. The van der Waals surface area contributed by atoms with Crippen molar-refractivity contribution in [1.82, 2.24) is 14.9 Å². The Hall–Kier alpha value is -6.07. The smallest absolute Gasteiger partial charge is 0.341 e. The first kappa shape index (κ1) is 41.7. The number of fused-ring (bicyclic) bond motifs is 3. The van der Waals surface area contributed by atoms with Gasteiger partial charge in [0.15, 0.2) is 17.3 Å². The third kappa shape index (κ3) is 7.87. The molecule has 1 aliphatic carbocycles. The summed E-state index contributed by atoms with van der Waals surface area (Å²) in [6.45, 7) is 9.29. The highest BCUT2D eigenvalue weighted by Gasteiger charge is 2.54. The van der Waals surface area contributed by atoms with Crippen LogP contribution in [-0.2, 0) is 17.6 Å². The highest BCUT2D eigenvalue weighted by molar-refractivity contribution is 8.15.